The Hall–Kier alpha value is -1.63. The van der Waals surface area contributed by atoms with Gasteiger partial charge in [-0.05, 0) is 39.7 Å². The zero-order valence-electron chi connectivity index (χ0n) is 11.3. The number of hydrogen-bond acceptors (Lipinski definition) is 5. The van der Waals surface area contributed by atoms with Gasteiger partial charge in [0, 0.05) is 16.9 Å². The molecule has 0 radical (unpaired) electrons. The molecule has 5 nitrogen and oxygen atoms in total. The van der Waals surface area contributed by atoms with Crippen molar-refractivity contribution in [2.24, 2.45) is 5.84 Å². The molecule has 0 aliphatic rings. The maximum atomic E-state index is 5.73. The average Bonchev–Trinajstić information content (AvgIpc) is 2.48. The molecule has 1 aromatic carbocycles. The van der Waals surface area contributed by atoms with E-state index in [1.807, 2.05) is 24.3 Å². The molecule has 0 bridgehead atoms. The van der Waals surface area contributed by atoms with Gasteiger partial charge in [0.2, 0.25) is 0 Å². The Morgan fingerprint density at radius 3 is 2.35 bits per heavy atom. The van der Waals surface area contributed by atoms with Gasteiger partial charge in [-0.25, -0.2) is 5.43 Å². The van der Waals surface area contributed by atoms with E-state index in [9.17, 15) is 0 Å². The number of benzene rings is 1. The van der Waals surface area contributed by atoms with Crippen molar-refractivity contribution in [2.45, 2.75) is 6.04 Å². The summed E-state index contributed by atoms with van der Waals surface area (Å²) in [5.41, 5.74) is 4.53. The molecule has 0 amide bonds. The number of nitrogens with zero attached hydrogens (tertiary/aromatic N) is 1. The number of pyridine rings is 1. The highest BCUT2D eigenvalue weighted by Crippen LogP contribution is 2.37. The Morgan fingerprint density at radius 2 is 1.85 bits per heavy atom. The van der Waals surface area contributed by atoms with Gasteiger partial charge in [0.25, 0.3) is 0 Å². The van der Waals surface area contributed by atoms with Crippen LogP contribution in [0.4, 0.5) is 0 Å². The Balaban J connectivity index is 2.57. The van der Waals surface area contributed by atoms with Crippen LogP contribution in [0, 0.1) is 0 Å². The molecule has 0 spiro atoms. The highest BCUT2D eigenvalue weighted by molar-refractivity contribution is 9.10. The van der Waals surface area contributed by atoms with E-state index >= 15 is 0 Å². The van der Waals surface area contributed by atoms with E-state index < -0.39 is 0 Å². The Labute approximate surface area is 126 Å². The molecule has 0 saturated heterocycles. The second-order valence-electron chi connectivity index (χ2n) is 4.11. The molecule has 6 heteroatoms. The molecule has 20 heavy (non-hydrogen) atoms. The minimum Gasteiger partial charge on any atom is -0.496 e. The van der Waals surface area contributed by atoms with Crippen molar-refractivity contribution in [3.63, 3.8) is 0 Å². The second kappa shape index (κ2) is 6.69. The Morgan fingerprint density at radius 1 is 1.20 bits per heavy atom. The lowest BCUT2D eigenvalue weighted by molar-refractivity contribution is 0.377. The van der Waals surface area contributed by atoms with E-state index in [1.54, 1.807) is 26.6 Å². The van der Waals surface area contributed by atoms with Gasteiger partial charge in [0.1, 0.15) is 11.5 Å². The van der Waals surface area contributed by atoms with Gasteiger partial charge in [-0.2, -0.15) is 0 Å². The van der Waals surface area contributed by atoms with E-state index in [1.165, 1.54) is 0 Å². The van der Waals surface area contributed by atoms with Crippen molar-refractivity contribution in [3.8, 4) is 11.5 Å². The molecular formula is C14H16BrN3O2. The van der Waals surface area contributed by atoms with Gasteiger partial charge in [-0.1, -0.05) is 6.07 Å². The van der Waals surface area contributed by atoms with Crippen LogP contribution >= 0.6 is 15.9 Å². The number of hydrazine groups is 1. The van der Waals surface area contributed by atoms with Crippen LogP contribution in [0.15, 0.2) is 41.1 Å². The predicted octanol–water partition coefficient (Wildman–Crippen LogP) is 2.41. The van der Waals surface area contributed by atoms with Gasteiger partial charge in [0.15, 0.2) is 0 Å². The lowest BCUT2D eigenvalue weighted by atomic mass is 9.98. The summed E-state index contributed by atoms with van der Waals surface area (Å²) >= 11 is 3.41. The van der Waals surface area contributed by atoms with Crippen molar-refractivity contribution in [1.82, 2.24) is 10.4 Å². The third-order valence-corrected chi connectivity index (χ3v) is 3.41. The van der Waals surface area contributed by atoms with Crippen molar-refractivity contribution in [2.75, 3.05) is 14.2 Å². The summed E-state index contributed by atoms with van der Waals surface area (Å²) < 4.78 is 11.7. The second-order valence-corrected chi connectivity index (χ2v) is 5.03. The monoisotopic (exact) mass is 337 g/mol. The first kappa shape index (κ1) is 14.8. The van der Waals surface area contributed by atoms with Gasteiger partial charge >= 0.3 is 0 Å². The van der Waals surface area contributed by atoms with Gasteiger partial charge in [-0.15, -0.1) is 0 Å². The fourth-order valence-corrected chi connectivity index (χ4v) is 2.48. The number of nitrogens with two attached hydrogens (primary N) is 1. The largest absolute Gasteiger partial charge is 0.496 e. The normalized spacial score (nSPS) is 12.0. The van der Waals surface area contributed by atoms with Crippen LogP contribution in [0.1, 0.15) is 17.2 Å². The number of ether oxygens (including phenoxy) is 2. The smallest absolute Gasteiger partial charge is 0.127 e. The lowest BCUT2D eigenvalue weighted by Crippen LogP contribution is -2.29. The van der Waals surface area contributed by atoms with Gasteiger partial charge in [-0.3, -0.25) is 10.8 Å². The summed E-state index contributed by atoms with van der Waals surface area (Å²) in [6, 6.07) is 7.27. The average molecular weight is 338 g/mol. The van der Waals surface area contributed by atoms with Crippen LogP contribution in [0.25, 0.3) is 0 Å². The molecule has 0 aliphatic heterocycles. The minimum atomic E-state index is -0.286. The summed E-state index contributed by atoms with van der Waals surface area (Å²) in [6.07, 6.45) is 3.47. The highest BCUT2D eigenvalue weighted by Gasteiger charge is 2.22. The summed E-state index contributed by atoms with van der Waals surface area (Å²) in [4.78, 5) is 4.17. The van der Waals surface area contributed by atoms with E-state index in [0.29, 0.717) is 11.5 Å². The Bertz CT molecular complexity index is 570. The van der Waals surface area contributed by atoms with Gasteiger partial charge < -0.3 is 9.47 Å². The quantitative estimate of drug-likeness (QED) is 0.647. The summed E-state index contributed by atoms with van der Waals surface area (Å²) in [7, 11) is 3.23. The van der Waals surface area contributed by atoms with Crippen molar-refractivity contribution in [1.29, 1.82) is 0 Å². The molecular weight excluding hydrogens is 322 g/mol. The van der Waals surface area contributed by atoms with Crippen LogP contribution in [-0.2, 0) is 0 Å². The summed E-state index contributed by atoms with van der Waals surface area (Å²) in [5, 5.41) is 0. The van der Waals surface area contributed by atoms with Crippen LogP contribution in [-0.4, -0.2) is 19.2 Å². The van der Waals surface area contributed by atoms with E-state index in [4.69, 9.17) is 15.3 Å². The summed E-state index contributed by atoms with van der Waals surface area (Å²) in [6.45, 7) is 0. The van der Waals surface area contributed by atoms with Crippen LogP contribution in [0.5, 0.6) is 11.5 Å². The molecule has 0 fully saturated rings. The zero-order chi connectivity index (χ0) is 14.5. The van der Waals surface area contributed by atoms with Crippen LogP contribution < -0.4 is 20.7 Å². The number of rotatable bonds is 5. The number of methoxy groups -OCH3 is 2. The minimum absolute atomic E-state index is 0.286. The molecule has 1 unspecified atom stereocenters. The molecule has 1 aromatic heterocycles. The maximum Gasteiger partial charge on any atom is 0.127 e. The SMILES string of the molecule is COc1cccc(OC)c1C(NN)c1cncc(Br)c1. The van der Waals surface area contributed by atoms with Crippen molar-refractivity contribution >= 4 is 15.9 Å². The van der Waals surface area contributed by atoms with Crippen molar-refractivity contribution in [3.05, 3.63) is 52.3 Å². The first-order valence-corrected chi connectivity index (χ1v) is 6.78. The highest BCUT2D eigenvalue weighted by atomic mass is 79.9. The summed E-state index contributed by atoms with van der Waals surface area (Å²) in [5.74, 6) is 7.13. The zero-order valence-corrected chi connectivity index (χ0v) is 12.8. The van der Waals surface area contributed by atoms with Crippen LogP contribution in [0.2, 0.25) is 0 Å². The standard InChI is InChI=1S/C14H16BrN3O2/c1-19-11-4-3-5-12(20-2)13(11)14(18-16)9-6-10(15)8-17-7-9/h3-8,14,18H,16H2,1-2H3. The number of aromatic nitrogens is 1. The fourth-order valence-electron chi connectivity index (χ4n) is 2.10. The predicted molar refractivity (Wildman–Crippen MR) is 80.6 cm³/mol. The number of hydrogen-bond donors (Lipinski definition) is 2. The van der Waals surface area contributed by atoms with E-state index in [0.717, 1.165) is 15.6 Å². The molecule has 106 valence electrons. The molecule has 1 heterocycles. The molecule has 3 N–H and O–H groups in total. The molecule has 1 atom stereocenters. The first-order chi connectivity index (χ1) is 9.71. The van der Waals surface area contributed by atoms with E-state index in [2.05, 4.69) is 26.3 Å². The third kappa shape index (κ3) is 2.92. The topological polar surface area (TPSA) is 69.4 Å². The molecule has 0 saturated carbocycles. The molecule has 2 aromatic rings. The molecule has 2 rings (SSSR count). The lowest BCUT2D eigenvalue weighted by Gasteiger charge is -2.21. The third-order valence-electron chi connectivity index (χ3n) is 2.98. The number of halogens is 1. The van der Waals surface area contributed by atoms with E-state index in [-0.39, 0.29) is 6.04 Å². The van der Waals surface area contributed by atoms with Crippen molar-refractivity contribution < 1.29 is 9.47 Å². The fraction of sp³-hybridized carbons (Fsp3) is 0.214. The molecule has 0 aliphatic carbocycles. The van der Waals surface area contributed by atoms with Gasteiger partial charge in [0.05, 0.1) is 25.8 Å². The first-order valence-electron chi connectivity index (χ1n) is 5.98. The van der Waals surface area contributed by atoms with Crippen LogP contribution in [0.3, 0.4) is 0 Å². The maximum absolute atomic E-state index is 5.73. The Kier molecular flexibility index (Phi) is 4.94. The number of nitrogens with one attached hydrogen (secondary N) is 1.